The summed E-state index contributed by atoms with van der Waals surface area (Å²) >= 11 is 0. The van der Waals surface area contributed by atoms with Crippen molar-refractivity contribution in [1.29, 1.82) is 0 Å². The molecule has 0 aromatic heterocycles. The number of carbonyl (C=O) groups excluding carboxylic acids is 4. The molecule has 5 heteroatoms. The summed E-state index contributed by atoms with van der Waals surface area (Å²) in [6.07, 6.45) is -0.838. The lowest BCUT2D eigenvalue weighted by molar-refractivity contribution is -0.157. The topological polar surface area (TPSA) is 77.5 Å². The smallest absolute Gasteiger partial charge is 0.320 e. The van der Waals surface area contributed by atoms with Gasteiger partial charge in [-0.15, -0.1) is 0 Å². The van der Waals surface area contributed by atoms with Gasteiger partial charge in [-0.1, -0.05) is 60.7 Å². The summed E-state index contributed by atoms with van der Waals surface area (Å²) in [5, 5.41) is 0. The minimum atomic E-state index is -1.84. The molecule has 2 rings (SSSR count). The zero-order chi connectivity index (χ0) is 19.2. The normalized spacial score (nSPS) is 10.8. The Morgan fingerprint density at radius 2 is 1.15 bits per heavy atom. The molecule has 0 radical (unpaired) electrons. The highest BCUT2D eigenvalue weighted by atomic mass is 16.5. The summed E-state index contributed by atoms with van der Waals surface area (Å²) in [5.74, 6) is -2.24. The largest absolute Gasteiger partial charge is 0.468 e. The molecular formula is C21H20O5. The molecular weight excluding hydrogens is 332 g/mol. The van der Waals surface area contributed by atoms with E-state index in [0.717, 1.165) is 7.11 Å². The minimum absolute atomic E-state index is 0.370. The maximum absolute atomic E-state index is 12.6. The van der Waals surface area contributed by atoms with E-state index in [0.29, 0.717) is 11.1 Å². The number of ketones is 3. The molecule has 2 aromatic carbocycles. The van der Waals surface area contributed by atoms with Gasteiger partial charge in [0.1, 0.15) is 11.2 Å². The van der Waals surface area contributed by atoms with Gasteiger partial charge in [0.2, 0.25) is 0 Å². The van der Waals surface area contributed by atoms with E-state index in [9.17, 15) is 19.2 Å². The van der Waals surface area contributed by atoms with Gasteiger partial charge in [0.15, 0.2) is 11.6 Å². The average molecular weight is 352 g/mol. The van der Waals surface area contributed by atoms with Crippen molar-refractivity contribution in [3.05, 3.63) is 71.8 Å². The van der Waals surface area contributed by atoms with E-state index in [-0.39, 0.29) is 0 Å². The molecule has 0 spiro atoms. The van der Waals surface area contributed by atoms with Crippen molar-refractivity contribution in [2.24, 2.45) is 5.41 Å². The van der Waals surface area contributed by atoms with Gasteiger partial charge < -0.3 is 4.74 Å². The lowest BCUT2D eigenvalue weighted by Gasteiger charge is -2.27. The molecule has 0 aliphatic rings. The molecule has 0 aliphatic heterocycles. The van der Waals surface area contributed by atoms with Gasteiger partial charge in [0.05, 0.1) is 7.11 Å². The maximum Gasteiger partial charge on any atom is 0.320 e. The first-order valence-electron chi connectivity index (χ1n) is 8.16. The summed E-state index contributed by atoms with van der Waals surface area (Å²) in [6, 6.07) is 16.7. The fourth-order valence-electron chi connectivity index (χ4n) is 2.80. The molecule has 0 amide bonds. The molecule has 0 aliphatic carbocycles. The van der Waals surface area contributed by atoms with Crippen LogP contribution in [0.1, 0.15) is 40.5 Å². The Morgan fingerprint density at radius 3 is 1.46 bits per heavy atom. The first-order valence-corrected chi connectivity index (χ1v) is 8.16. The predicted molar refractivity (Wildman–Crippen MR) is 95.9 cm³/mol. The summed E-state index contributed by atoms with van der Waals surface area (Å²) in [7, 11) is 1.14. The molecule has 0 saturated heterocycles. The highest BCUT2D eigenvalue weighted by Crippen LogP contribution is 2.33. The first kappa shape index (κ1) is 19.2. The Hall–Kier alpha value is -3.08. The van der Waals surface area contributed by atoms with E-state index in [1.807, 2.05) is 0 Å². The van der Waals surface area contributed by atoms with Crippen LogP contribution in [0.25, 0.3) is 0 Å². The molecule has 26 heavy (non-hydrogen) atoms. The van der Waals surface area contributed by atoms with Gasteiger partial charge in [-0.2, -0.15) is 0 Å². The van der Waals surface area contributed by atoms with Crippen molar-refractivity contribution in [2.75, 3.05) is 7.11 Å². The Kier molecular flexibility index (Phi) is 6.17. The second-order valence-electron chi connectivity index (χ2n) is 6.06. The van der Waals surface area contributed by atoms with Crippen LogP contribution in [0.5, 0.6) is 0 Å². The third-order valence-electron chi connectivity index (χ3n) is 4.37. The van der Waals surface area contributed by atoms with Crippen LogP contribution in [0.15, 0.2) is 60.7 Å². The number of hydrogen-bond acceptors (Lipinski definition) is 5. The second kappa shape index (κ2) is 8.34. The number of methoxy groups -OCH3 is 1. The molecule has 0 heterocycles. The highest BCUT2D eigenvalue weighted by Gasteiger charge is 2.48. The van der Waals surface area contributed by atoms with Crippen LogP contribution < -0.4 is 0 Å². The van der Waals surface area contributed by atoms with E-state index < -0.39 is 41.6 Å². The van der Waals surface area contributed by atoms with Crippen LogP contribution in [0, 0.1) is 5.41 Å². The molecule has 0 N–H and O–H groups in total. The van der Waals surface area contributed by atoms with Crippen molar-refractivity contribution >= 4 is 23.3 Å². The van der Waals surface area contributed by atoms with Gasteiger partial charge >= 0.3 is 5.97 Å². The zero-order valence-corrected chi connectivity index (χ0v) is 14.7. The van der Waals surface area contributed by atoms with Crippen molar-refractivity contribution < 1.29 is 23.9 Å². The van der Waals surface area contributed by atoms with E-state index in [1.165, 1.54) is 6.92 Å². The number of ether oxygens (including phenoxy) is 1. The van der Waals surface area contributed by atoms with E-state index >= 15 is 0 Å². The lowest BCUT2D eigenvalue weighted by Crippen LogP contribution is -2.43. The molecule has 2 aromatic rings. The molecule has 5 nitrogen and oxygen atoms in total. The van der Waals surface area contributed by atoms with E-state index in [1.54, 1.807) is 60.7 Å². The van der Waals surface area contributed by atoms with Crippen molar-refractivity contribution in [3.63, 3.8) is 0 Å². The number of Topliss-reactive ketones (excluding diaryl/α,β-unsaturated/α-hetero) is 3. The van der Waals surface area contributed by atoms with Crippen LogP contribution in [-0.4, -0.2) is 30.4 Å². The molecule has 134 valence electrons. The number of hydrogen-bond donors (Lipinski definition) is 0. The minimum Gasteiger partial charge on any atom is -0.468 e. The van der Waals surface area contributed by atoms with Gasteiger partial charge in [0, 0.05) is 24.0 Å². The monoisotopic (exact) mass is 352 g/mol. The number of esters is 1. The third kappa shape index (κ3) is 4.11. The van der Waals surface area contributed by atoms with Gasteiger partial charge in [0.25, 0.3) is 0 Å². The van der Waals surface area contributed by atoms with Crippen LogP contribution in [0.2, 0.25) is 0 Å². The SMILES string of the molecule is COC(=O)C(CC(=O)c1ccccc1)(CC(=O)c1ccccc1)C(C)=O. The van der Waals surface area contributed by atoms with Gasteiger partial charge in [-0.3, -0.25) is 19.2 Å². The van der Waals surface area contributed by atoms with E-state index in [2.05, 4.69) is 0 Å². The number of rotatable bonds is 8. The molecule has 0 unspecified atom stereocenters. The van der Waals surface area contributed by atoms with Crippen molar-refractivity contribution in [1.82, 2.24) is 0 Å². The van der Waals surface area contributed by atoms with Crippen molar-refractivity contribution in [2.45, 2.75) is 19.8 Å². The summed E-state index contributed by atoms with van der Waals surface area (Å²) < 4.78 is 4.79. The summed E-state index contributed by atoms with van der Waals surface area (Å²) in [4.78, 5) is 50.1. The number of carbonyl (C=O) groups is 4. The third-order valence-corrected chi connectivity index (χ3v) is 4.37. The quantitative estimate of drug-likeness (QED) is 0.414. The maximum atomic E-state index is 12.6. The number of benzene rings is 2. The van der Waals surface area contributed by atoms with Gasteiger partial charge in [-0.25, -0.2) is 0 Å². The standard InChI is InChI=1S/C21H20O5/c1-15(22)21(20(25)26-2,13-18(23)16-9-5-3-6-10-16)14-19(24)17-11-7-4-8-12-17/h3-12H,13-14H2,1-2H3. The zero-order valence-electron chi connectivity index (χ0n) is 14.7. The Morgan fingerprint density at radius 1 is 0.769 bits per heavy atom. The molecule has 0 bridgehead atoms. The molecule has 0 fully saturated rings. The summed E-state index contributed by atoms with van der Waals surface area (Å²) in [5.41, 5.74) is -1.10. The van der Waals surface area contributed by atoms with Crippen LogP contribution in [-0.2, 0) is 14.3 Å². The highest BCUT2D eigenvalue weighted by molar-refractivity contribution is 6.13. The Labute approximate surface area is 152 Å². The second-order valence-corrected chi connectivity index (χ2v) is 6.06. The Bertz CT molecular complexity index is 755. The van der Waals surface area contributed by atoms with Crippen LogP contribution in [0.3, 0.4) is 0 Å². The molecule has 0 atom stereocenters. The van der Waals surface area contributed by atoms with Crippen LogP contribution in [0.4, 0.5) is 0 Å². The fourth-order valence-corrected chi connectivity index (χ4v) is 2.80. The summed E-state index contributed by atoms with van der Waals surface area (Å²) in [6.45, 7) is 1.20. The van der Waals surface area contributed by atoms with Crippen LogP contribution >= 0.6 is 0 Å². The Balaban J connectivity index is 2.38. The molecule has 0 saturated carbocycles. The van der Waals surface area contributed by atoms with Gasteiger partial charge in [-0.05, 0) is 6.92 Å². The fraction of sp³-hybridized carbons (Fsp3) is 0.238. The van der Waals surface area contributed by atoms with E-state index in [4.69, 9.17) is 4.74 Å². The predicted octanol–water partition coefficient (Wildman–Crippen LogP) is 3.28. The lowest BCUT2D eigenvalue weighted by atomic mass is 9.73. The first-order chi connectivity index (χ1) is 12.4. The average Bonchev–Trinajstić information content (AvgIpc) is 2.67. The van der Waals surface area contributed by atoms with Crippen molar-refractivity contribution in [3.8, 4) is 0 Å².